The monoisotopic (exact) mass is 246 g/mol. The summed E-state index contributed by atoms with van der Waals surface area (Å²) in [6, 6.07) is 4.27. The molecule has 0 aliphatic rings. The van der Waals surface area contributed by atoms with Crippen LogP contribution in [-0.2, 0) is 13.1 Å². The summed E-state index contributed by atoms with van der Waals surface area (Å²) >= 11 is 0. The van der Waals surface area contributed by atoms with Crippen LogP contribution in [0.3, 0.4) is 0 Å². The average Bonchev–Trinajstić information content (AvgIpc) is 2.80. The quantitative estimate of drug-likeness (QED) is 0.813. The molecule has 0 radical (unpaired) electrons. The predicted octanol–water partition coefficient (Wildman–Crippen LogP) is 2.85. The molecule has 0 aromatic carbocycles. The zero-order valence-electron chi connectivity index (χ0n) is 11.8. The first-order valence-electron chi connectivity index (χ1n) is 6.64. The van der Waals surface area contributed by atoms with Crippen LogP contribution in [0.4, 0.5) is 0 Å². The van der Waals surface area contributed by atoms with Crippen molar-refractivity contribution in [1.82, 2.24) is 19.6 Å². The third-order valence-electron chi connectivity index (χ3n) is 3.12. The van der Waals surface area contributed by atoms with Gasteiger partial charge in [-0.15, -0.1) is 0 Å². The number of unbranched alkanes of at least 4 members (excludes halogenated alkanes) is 1. The highest BCUT2D eigenvalue weighted by Crippen LogP contribution is 2.10. The highest BCUT2D eigenvalue weighted by atomic mass is 15.3. The Morgan fingerprint density at radius 1 is 1.00 bits per heavy atom. The van der Waals surface area contributed by atoms with Gasteiger partial charge in [0.1, 0.15) is 0 Å². The van der Waals surface area contributed by atoms with E-state index in [4.69, 9.17) is 0 Å². The second kappa shape index (κ2) is 5.38. The normalized spacial score (nSPS) is 11.1. The fourth-order valence-electron chi connectivity index (χ4n) is 2.22. The van der Waals surface area contributed by atoms with Gasteiger partial charge < -0.3 is 0 Å². The van der Waals surface area contributed by atoms with E-state index >= 15 is 0 Å². The lowest BCUT2D eigenvalue weighted by atomic mass is 10.3. The zero-order valence-corrected chi connectivity index (χ0v) is 11.8. The molecule has 0 atom stereocenters. The van der Waals surface area contributed by atoms with Crippen molar-refractivity contribution >= 4 is 0 Å². The molecule has 18 heavy (non-hydrogen) atoms. The Bertz CT molecular complexity index is 522. The number of rotatable bonds is 5. The molecule has 2 heterocycles. The fourth-order valence-corrected chi connectivity index (χ4v) is 2.22. The molecule has 4 nitrogen and oxygen atoms in total. The van der Waals surface area contributed by atoms with Crippen LogP contribution in [0.1, 0.15) is 42.5 Å². The first kappa shape index (κ1) is 12.9. The van der Waals surface area contributed by atoms with Crippen LogP contribution in [0.5, 0.6) is 0 Å². The van der Waals surface area contributed by atoms with E-state index in [9.17, 15) is 0 Å². The molecule has 0 aliphatic carbocycles. The lowest BCUT2D eigenvalue weighted by Crippen LogP contribution is -2.11. The maximum Gasteiger partial charge on any atom is 0.0831 e. The van der Waals surface area contributed by atoms with E-state index in [1.165, 1.54) is 24.2 Å². The molecule has 0 fully saturated rings. The summed E-state index contributed by atoms with van der Waals surface area (Å²) < 4.78 is 4.17. The number of nitrogens with zero attached hydrogens (tertiary/aromatic N) is 4. The minimum Gasteiger partial charge on any atom is -0.267 e. The topological polar surface area (TPSA) is 35.6 Å². The number of aromatic nitrogens is 4. The molecular weight excluding hydrogens is 224 g/mol. The second-order valence-corrected chi connectivity index (χ2v) is 4.94. The van der Waals surface area contributed by atoms with Gasteiger partial charge in [-0.1, -0.05) is 13.3 Å². The lowest BCUT2D eigenvalue weighted by molar-refractivity contribution is 0.522. The van der Waals surface area contributed by atoms with Crippen molar-refractivity contribution in [3.63, 3.8) is 0 Å². The molecule has 2 aromatic heterocycles. The predicted molar refractivity (Wildman–Crippen MR) is 72.7 cm³/mol. The van der Waals surface area contributed by atoms with Crippen LogP contribution in [0.2, 0.25) is 0 Å². The van der Waals surface area contributed by atoms with Crippen LogP contribution in [0.15, 0.2) is 12.1 Å². The van der Waals surface area contributed by atoms with E-state index in [1.54, 1.807) is 0 Å². The van der Waals surface area contributed by atoms with Crippen LogP contribution >= 0.6 is 0 Å². The third kappa shape index (κ3) is 2.81. The Morgan fingerprint density at radius 3 is 2.28 bits per heavy atom. The number of aryl methyl sites for hydroxylation is 4. The Kier molecular flexibility index (Phi) is 3.84. The van der Waals surface area contributed by atoms with E-state index in [-0.39, 0.29) is 0 Å². The average molecular weight is 246 g/mol. The van der Waals surface area contributed by atoms with Crippen molar-refractivity contribution in [2.24, 2.45) is 0 Å². The maximum absolute atomic E-state index is 4.56. The highest BCUT2D eigenvalue weighted by Gasteiger charge is 2.08. The second-order valence-electron chi connectivity index (χ2n) is 4.94. The first-order valence-corrected chi connectivity index (χ1v) is 6.64. The van der Waals surface area contributed by atoms with Gasteiger partial charge in [0.25, 0.3) is 0 Å². The van der Waals surface area contributed by atoms with Crippen LogP contribution in [0, 0.1) is 20.8 Å². The third-order valence-corrected chi connectivity index (χ3v) is 3.12. The van der Waals surface area contributed by atoms with E-state index in [2.05, 4.69) is 40.9 Å². The molecule has 0 unspecified atom stereocenters. The molecular formula is C14H22N4. The lowest BCUT2D eigenvalue weighted by Gasteiger charge is -2.08. The zero-order chi connectivity index (χ0) is 13.1. The molecule has 98 valence electrons. The number of hydrogen-bond donors (Lipinski definition) is 0. The van der Waals surface area contributed by atoms with E-state index < -0.39 is 0 Å². The van der Waals surface area contributed by atoms with Crippen LogP contribution < -0.4 is 0 Å². The van der Waals surface area contributed by atoms with Gasteiger partial charge >= 0.3 is 0 Å². The van der Waals surface area contributed by atoms with Crippen molar-refractivity contribution in [3.8, 4) is 0 Å². The summed E-state index contributed by atoms with van der Waals surface area (Å²) in [6.07, 6.45) is 2.36. The molecule has 0 N–H and O–H groups in total. The standard InChI is InChI=1S/C14H22N4/c1-5-6-7-17-14(9-12(3)15-17)10-18-13(4)8-11(2)16-18/h8-9H,5-7,10H2,1-4H3. The Labute approximate surface area is 109 Å². The number of hydrogen-bond acceptors (Lipinski definition) is 2. The first-order chi connectivity index (χ1) is 8.60. The Hall–Kier alpha value is -1.58. The summed E-state index contributed by atoms with van der Waals surface area (Å²) in [5.41, 5.74) is 4.60. The van der Waals surface area contributed by atoms with E-state index in [0.29, 0.717) is 0 Å². The van der Waals surface area contributed by atoms with Crippen molar-refractivity contribution in [2.75, 3.05) is 0 Å². The Morgan fingerprint density at radius 2 is 1.67 bits per heavy atom. The molecule has 4 heteroatoms. The highest BCUT2D eigenvalue weighted by molar-refractivity contribution is 5.13. The van der Waals surface area contributed by atoms with Gasteiger partial charge in [0, 0.05) is 12.2 Å². The van der Waals surface area contributed by atoms with E-state index in [1.807, 2.05) is 18.5 Å². The van der Waals surface area contributed by atoms with Gasteiger partial charge in [-0.25, -0.2) is 0 Å². The van der Waals surface area contributed by atoms with Gasteiger partial charge in [-0.05, 0) is 39.3 Å². The summed E-state index contributed by atoms with van der Waals surface area (Å²) in [6.45, 7) is 10.2. The molecule has 0 saturated carbocycles. The van der Waals surface area contributed by atoms with Gasteiger partial charge in [-0.3, -0.25) is 9.36 Å². The summed E-state index contributed by atoms with van der Waals surface area (Å²) in [7, 11) is 0. The molecule has 0 amide bonds. The van der Waals surface area contributed by atoms with E-state index in [0.717, 1.165) is 24.5 Å². The van der Waals surface area contributed by atoms with Crippen molar-refractivity contribution in [3.05, 3.63) is 34.9 Å². The van der Waals surface area contributed by atoms with Gasteiger partial charge in [0.05, 0.1) is 23.6 Å². The Balaban J connectivity index is 2.20. The fraction of sp³-hybridized carbons (Fsp3) is 0.571. The maximum atomic E-state index is 4.56. The SMILES string of the molecule is CCCCn1nc(C)cc1Cn1nc(C)cc1C. The molecule has 0 bridgehead atoms. The van der Waals surface area contributed by atoms with Gasteiger partial charge in [-0.2, -0.15) is 10.2 Å². The van der Waals surface area contributed by atoms with Crippen LogP contribution in [-0.4, -0.2) is 19.6 Å². The van der Waals surface area contributed by atoms with Crippen molar-refractivity contribution in [1.29, 1.82) is 0 Å². The summed E-state index contributed by atoms with van der Waals surface area (Å²) in [5, 5.41) is 9.07. The van der Waals surface area contributed by atoms with Gasteiger partial charge in [0.2, 0.25) is 0 Å². The van der Waals surface area contributed by atoms with Crippen LogP contribution in [0.25, 0.3) is 0 Å². The molecule has 0 saturated heterocycles. The molecule has 0 spiro atoms. The summed E-state index contributed by atoms with van der Waals surface area (Å²) in [4.78, 5) is 0. The summed E-state index contributed by atoms with van der Waals surface area (Å²) in [5.74, 6) is 0. The largest absolute Gasteiger partial charge is 0.267 e. The van der Waals surface area contributed by atoms with Crippen molar-refractivity contribution < 1.29 is 0 Å². The molecule has 0 aliphatic heterocycles. The minimum atomic E-state index is 0.810. The molecule has 2 aromatic rings. The minimum absolute atomic E-state index is 0.810. The molecule has 2 rings (SSSR count). The smallest absolute Gasteiger partial charge is 0.0831 e. The van der Waals surface area contributed by atoms with Gasteiger partial charge in [0.15, 0.2) is 0 Å². The van der Waals surface area contributed by atoms with Crippen molar-refractivity contribution in [2.45, 2.75) is 53.6 Å².